The second-order valence-corrected chi connectivity index (χ2v) is 19.9. The van der Waals surface area contributed by atoms with Crippen molar-refractivity contribution in [1.82, 2.24) is 25.0 Å². The van der Waals surface area contributed by atoms with Gasteiger partial charge < -0.3 is 49.4 Å². The number of piperazine rings is 1. The Hall–Kier alpha value is -6.00. The third kappa shape index (κ3) is 15.6. The van der Waals surface area contributed by atoms with Crippen LogP contribution in [0.5, 0.6) is 17.2 Å². The number of aromatic nitrogens is 1. The van der Waals surface area contributed by atoms with Crippen LogP contribution in [0.3, 0.4) is 0 Å². The quantitative estimate of drug-likeness (QED) is 0.0330. The zero-order valence-corrected chi connectivity index (χ0v) is 44.8. The van der Waals surface area contributed by atoms with Crippen LogP contribution in [-0.4, -0.2) is 136 Å². The van der Waals surface area contributed by atoms with Gasteiger partial charge in [0.1, 0.15) is 17.9 Å². The van der Waals surface area contributed by atoms with E-state index in [1.54, 1.807) is 37.4 Å². The average Bonchev–Trinajstić information content (AvgIpc) is 3.66. The van der Waals surface area contributed by atoms with Gasteiger partial charge in [-0.1, -0.05) is 55.1 Å². The molecule has 3 aliphatic heterocycles. The van der Waals surface area contributed by atoms with Gasteiger partial charge >= 0.3 is 0 Å². The topological polar surface area (TPSA) is 197 Å². The zero-order valence-electron chi connectivity index (χ0n) is 43.2. The number of hydrogen-bond donors (Lipinski definition) is 3. The highest BCUT2D eigenvalue weighted by atomic mass is 35.5. The first-order valence-electron chi connectivity index (χ1n) is 26.2. The maximum Gasteiger partial charge on any atom is 0.264 e. The number of methoxy groups -OCH3 is 2. The van der Waals surface area contributed by atoms with E-state index in [0.29, 0.717) is 99.9 Å². The third-order valence-corrected chi connectivity index (χ3v) is 14.4. The monoisotopic (exact) mass is 1070 g/mol. The van der Waals surface area contributed by atoms with Crippen LogP contribution >= 0.6 is 23.2 Å². The van der Waals surface area contributed by atoms with Crippen LogP contribution in [0, 0.1) is 11.3 Å². The van der Waals surface area contributed by atoms with Gasteiger partial charge in [0.2, 0.25) is 11.8 Å². The number of nitrogens with zero attached hydrogens (tertiary/aromatic N) is 5. The highest BCUT2D eigenvalue weighted by molar-refractivity contribution is 6.37. The van der Waals surface area contributed by atoms with E-state index in [9.17, 15) is 24.4 Å². The molecule has 3 aromatic carbocycles. The van der Waals surface area contributed by atoms with Crippen LogP contribution in [-0.2, 0) is 19.1 Å². The zero-order chi connectivity index (χ0) is 53.1. The fourth-order valence-corrected chi connectivity index (χ4v) is 10.1. The maximum absolute atomic E-state index is 13.3. The molecule has 2 fully saturated rings. The standard InChI is InChI=1S/C56H70Cl2N8O9/c1-38-19-20-47(54(68)61-38)66-55(69)40-16-14-17-44(52(40)56(66)70)62-51(67)18-8-6-11-28-74-30-13-7-12-29-73-27-10-5-4-9-21-64-23-25-65(26-24-64)22-15-31-75-50-34-45-41(32-49(50)72-3)53(39(36-59)37-60-45)63-46-35-48(71-2)43(58)33-42(46)57/h14,16-17,32-35,37,47H,1,4-13,15,18-31H2,2-3H3,(H,60,63)(H,61,68)(H,62,67). The van der Waals surface area contributed by atoms with Crippen molar-refractivity contribution in [3.05, 3.63) is 87.7 Å². The van der Waals surface area contributed by atoms with Crippen LogP contribution < -0.4 is 30.2 Å². The fourth-order valence-electron chi connectivity index (χ4n) is 9.58. The smallest absolute Gasteiger partial charge is 0.264 e. The lowest BCUT2D eigenvalue weighted by Crippen LogP contribution is -2.51. The van der Waals surface area contributed by atoms with E-state index in [1.807, 2.05) is 12.1 Å². The lowest BCUT2D eigenvalue weighted by Gasteiger charge is -2.34. The molecule has 2 saturated heterocycles. The summed E-state index contributed by atoms with van der Waals surface area (Å²) < 4.78 is 29.0. The fraction of sp³-hybridized carbons (Fsp3) is 0.500. The summed E-state index contributed by atoms with van der Waals surface area (Å²) in [6, 6.07) is 13.0. The number of amides is 4. The Bertz CT molecular complexity index is 2690. The second kappa shape index (κ2) is 28.8. The first kappa shape index (κ1) is 56.7. The minimum absolute atomic E-state index is 0.130. The number of benzene rings is 3. The molecule has 17 nitrogen and oxygen atoms in total. The molecule has 7 rings (SSSR count). The van der Waals surface area contributed by atoms with E-state index < -0.39 is 23.8 Å². The summed E-state index contributed by atoms with van der Waals surface area (Å²) >= 11 is 12.8. The predicted octanol–water partition coefficient (Wildman–Crippen LogP) is 9.91. The lowest BCUT2D eigenvalue weighted by atomic mass is 10.0. The minimum Gasteiger partial charge on any atom is -0.495 e. The van der Waals surface area contributed by atoms with Crippen molar-refractivity contribution >= 4 is 74.8 Å². The summed E-state index contributed by atoms with van der Waals surface area (Å²) in [5.41, 5.74) is 3.20. The molecular formula is C56H70Cl2N8O9. The Balaban J connectivity index is 0.657. The molecule has 0 saturated carbocycles. The first-order valence-corrected chi connectivity index (χ1v) is 27.0. The molecule has 19 heteroatoms. The number of imide groups is 1. The number of fused-ring (bicyclic) bond motifs is 2. The number of nitrogens with one attached hydrogen (secondary N) is 3. The summed E-state index contributed by atoms with van der Waals surface area (Å²) in [5.74, 6) is -0.189. The Morgan fingerprint density at radius 1 is 0.773 bits per heavy atom. The van der Waals surface area contributed by atoms with Crippen LogP contribution in [0.1, 0.15) is 116 Å². The molecule has 0 aliphatic carbocycles. The molecule has 3 aliphatic rings. The molecule has 1 aromatic heterocycles. The van der Waals surface area contributed by atoms with E-state index in [-0.39, 0.29) is 29.1 Å². The average molecular weight is 1070 g/mol. The molecular weight excluding hydrogens is 1000 g/mol. The van der Waals surface area contributed by atoms with Gasteiger partial charge in [-0.15, -0.1) is 0 Å². The number of anilines is 3. The molecule has 75 heavy (non-hydrogen) atoms. The van der Waals surface area contributed by atoms with Gasteiger partial charge in [0.15, 0.2) is 11.5 Å². The Labute approximate surface area is 450 Å². The minimum atomic E-state index is -0.907. The number of piperidine rings is 1. The van der Waals surface area contributed by atoms with E-state index >= 15 is 0 Å². The van der Waals surface area contributed by atoms with Gasteiger partial charge in [-0.25, -0.2) is 0 Å². The Kier molecular flexibility index (Phi) is 21.8. The SMILES string of the molecule is C=C1CCC(N2C(=O)c3cccc(NC(=O)CCCCCOCCCCCOCCCCCCN4CCN(CCCOc5cc6ncc(C#N)c(Nc7cc(OC)c(Cl)cc7Cl)c6cc5OC)CC4)c3C2=O)C(=O)N1. The number of halogens is 2. The van der Waals surface area contributed by atoms with Gasteiger partial charge in [-0.2, -0.15) is 5.26 Å². The van der Waals surface area contributed by atoms with Gasteiger partial charge in [0.05, 0.1) is 70.1 Å². The third-order valence-electron chi connectivity index (χ3n) is 13.8. The highest BCUT2D eigenvalue weighted by Crippen LogP contribution is 2.41. The number of ether oxygens (including phenoxy) is 5. The van der Waals surface area contributed by atoms with E-state index in [4.69, 9.17) is 46.9 Å². The van der Waals surface area contributed by atoms with Crippen molar-refractivity contribution in [2.75, 3.05) is 97.2 Å². The van der Waals surface area contributed by atoms with Crippen molar-refractivity contribution in [3.63, 3.8) is 0 Å². The number of allylic oxidation sites excluding steroid dienone is 1. The van der Waals surface area contributed by atoms with Gasteiger partial charge in [0.25, 0.3) is 11.8 Å². The summed E-state index contributed by atoms with van der Waals surface area (Å²) in [7, 11) is 3.12. The predicted molar refractivity (Wildman–Crippen MR) is 291 cm³/mol. The number of rotatable bonds is 30. The van der Waals surface area contributed by atoms with Gasteiger partial charge in [0, 0.05) is 95.0 Å². The van der Waals surface area contributed by atoms with Crippen molar-refractivity contribution in [3.8, 4) is 23.3 Å². The van der Waals surface area contributed by atoms with E-state index in [2.05, 4.69) is 43.4 Å². The summed E-state index contributed by atoms with van der Waals surface area (Å²) in [6.45, 7) is 13.6. The number of unbranched alkanes of at least 4 members (excludes halogenated alkanes) is 7. The molecule has 0 bridgehead atoms. The van der Waals surface area contributed by atoms with Crippen molar-refractivity contribution < 1.29 is 42.9 Å². The van der Waals surface area contributed by atoms with Crippen molar-refractivity contribution in [1.29, 1.82) is 5.26 Å². The molecule has 4 aromatic rings. The van der Waals surface area contributed by atoms with Crippen LogP contribution in [0.2, 0.25) is 10.0 Å². The molecule has 402 valence electrons. The molecule has 1 unspecified atom stereocenters. The summed E-state index contributed by atoms with van der Waals surface area (Å²) in [6.07, 6.45) is 13.6. The van der Waals surface area contributed by atoms with Gasteiger partial charge in [-0.05, 0) is 95.0 Å². The lowest BCUT2D eigenvalue weighted by molar-refractivity contribution is -0.125. The molecule has 4 heterocycles. The Morgan fingerprint density at radius 2 is 1.43 bits per heavy atom. The number of hydrogen-bond acceptors (Lipinski definition) is 14. The number of carbonyl (C=O) groups is 4. The largest absolute Gasteiger partial charge is 0.495 e. The summed E-state index contributed by atoms with van der Waals surface area (Å²) in [5, 5.41) is 20.1. The van der Waals surface area contributed by atoms with Crippen LogP contribution in [0.25, 0.3) is 10.9 Å². The van der Waals surface area contributed by atoms with Crippen LogP contribution in [0.4, 0.5) is 17.1 Å². The van der Waals surface area contributed by atoms with Gasteiger partial charge in [-0.3, -0.25) is 29.1 Å². The molecule has 0 spiro atoms. The molecule has 0 radical (unpaired) electrons. The van der Waals surface area contributed by atoms with E-state index in [1.165, 1.54) is 32.6 Å². The number of carbonyl (C=O) groups excluding carboxylic acids is 4. The van der Waals surface area contributed by atoms with Crippen molar-refractivity contribution in [2.45, 2.75) is 95.9 Å². The first-order chi connectivity index (χ1) is 36.5. The second-order valence-electron chi connectivity index (χ2n) is 19.1. The Morgan fingerprint density at radius 3 is 2.09 bits per heavy atom. The summed E-state index contributed by atoms with van der Waals surface area (Å²) in [4.78, 5) is 62.4. The van der Waals surface area contributed by atoms with Crippen LogP contribution in [0.15, 0.2) is 60.9 Å². The maximum atomic E-state index is 13.3. The molecule has 3 N–H and O–H groups in total. The number of pyridine rings is 1. The van der Waals surface area contributed by atoms with Crippen molar-refractivity contribution in [2.24, 2.45) is 0 Å². The highest BCUT2D eigenvalue weighted by Gasteiger charge is 2.45. The molecule has 4 amide bonds. The van der Waals surface area contributed by atoms with E-state index in [0.717, 1.165) is 102 Å². The molecule has 1 atom stereocenters. The number of nitriles is 1. The normalized spacial score (nSPS) is 16.0.